The van der Waals surface area contributed by atoms with Crippen molar-refractivity contribution in [1.82, 2.24) is 4.98 Å². The third kappa shape index (κ3) is 4.68. The largest absolute Gasteiger partial charge is 0.392 e. The summed E-state index contributed by atoms with van der Waals surface area (Å²) in [6, 6.07) is 4.03. The van der Waals surface area contributed by atoms with E-state index in [4.69, 9.17) is 9.72 Å². The molecule has 0 saturated carbocycles. The summed E-state index contributed by atoms with van der Waals surface area (Å²) >= 11 is 0. The minimum Gasteiger partial charge on any atom is -0.392 e. The van der Waals surface area contributed by atoms with Crippen LogP contribution in [-0.4, -0.2) is 35.9 Å². The van der Waals surface area contributed by atoms with E-state index in [1.807, 2.05) is 12.1 Å². The number of aliphatic hydroxyl groups is 1. The van der Waals surface area contributed by atoms with E-state index >= 15 is 0 Å². The highest BCUT2D eigenvalue weighted by Crippen LogP contribution is 2.22. The maximum atomic E-state index is 9.45. The quantitative estimate of drug-likeness (QED) is 0.839. The summed E-state index contributed by atoms with van der Waals surface area (Å²) in [5.41, 5.74) is 2.04. The second-order valence-electron chi connectivity index (χ2n) is 5.81. The molecule has 1 unspecified atom stereocenters. The normalized spacial score (nSPS) is 19.0. The summed E-state index contributed by atoms with van der Waals surface area (Å²) in [4.78, 5) is 7.08. The standard InChI is InChI=1S/C17H28N2O2/c1-3-6-15-10-14(13-20)11-17(18-15)19-8-5-7-16(12-19)21-9-4-2/h10-11,16,20H,3-9,12-13H2,1-2H3. The number of piperidine rings is 1. The molecule has 118 valence electrons. The minimum absolute atomic E-state index is 0.0792. The molecule has 0 amide bonds. The van der Waals surface area contributed by atoms with Crippen LogP contribution in [-0.2, 0) is 17.8 Å². The smallest absolute Gasteiger partial charge is 0.129 e. The van der Waals surface area contributed by atoms with Gasteiger partial charge in [0, 0.05) is 25.4 Å². The van der Waals surface area contributed by atoms with Crippen LogP contribution in [0.15, 0.2) is 12.1 Å². The predicted molar refractivity (Wildman–Crippen MR) is 85.6 cm³/mol. The first-order chi connectivity index (χ1) is 10.3. The lowest BCUT2D eigenvalue weighted by Crippen LogP contribution is -2.40. The molecule has 0 aliphatic carbocycles. The Morgan fingerprint density at radius 2 is 2.19 bits per heavy atom. The minimum atomic E-state index is 0.0792. The van der Waals surface area contributed by atoms with Crippen LogP contribution in [0.25, 0.3) is 0 Å². The number of hydrogen-bond acceptors (Lipinski definition) is 4. The fourth-order valence-corrected chi connectivity index (χ4v) is 2.84. The molecule has 1 fully saturated rings. The van der Waals surface area contributed by atoms with Crippen molar-refractivity contribution in [3.05, 3.63) is 23.4 Å². The first-order valence-corrected chi connectivity index (χ1v) is 8.24. The molecular formula is C17H28N2O2. The van der Waals surface area contributed by atoms with Gasteiger partial charge < -0.3 is 14.7 Å². The second kappa shape index (κ2) is 8.35. The summed E-state index contributed by atoms with van der Waals surface area (Å²) in [5.74, 6) is 0.995. The van der Waals surface area contributed by atoms with Crippen molar-refractivity contribution in [3.8, 4) is 0 Å². The fraction of sp³-hybridized carbons (Fsp3) is 0.706. The molecule has 1 aromatic rings. The van der Waals surface area contributed by atoms with Gasteiger partial charge in [0.2, 0.25) is 0 Å². The number of aryl methyl sites for hydroxylation is 1. The lowest BCUT2D eigenvalue weighted by Gasteiger charge is -2.34. The number of hydrogen-bond donors (Lipinski definition) is 1. The summed E-state index contributed by atoms with van der Waals surface area (Å²) in [5, 5.41) is 9.45. The molecule has 0 radical (unpaired) electrons. The molecule has 0 spiro atoms. The van der Waals surface area contributed by atoms with E-state index in [0.717, 1.165) is 68.9 Å². The second-order valence-corrected chi connectivity index (χ2v) is 5.81. The van der Waals surface area contributed by atoms with E-state index in [1.165, 1.54) is 0 Å². The number of ether oxygens (including phenoxy) is 1. The Morgan fingerprint density at radius 1 is 1.33 bits per heavy atom. The van der Waals surface area contributed by atoms with Crippen molar-refractivity contribution in [2.75, 3.05) is 24.6 Å². The number of rotatable bonds is 7. The van der Waals surface area contributed by atoms with Gasteiger partial charge in [0.05, 0.1) is 12.7 Å². The van der Waals surface area contributed by atoms with Crippen molar-refractivity contribution >= 4 is 5.82 Å². The van der Waals surface area contributed by atoms with Gasteiger partial charge in [0.15, 0.2) is 0 Å². The van der Waals surface area contributed by atoms with Crippen molar-refractivity contribution in [2.45, 2.75) is 58.7 Å². The van der Waals surface area contributed by atoms with Gasteiger partial charge in [-0.3, -0.25) is 0 Å². The van der Waals surface area contributed by atoms with Gasteiger partial charge in [0.1, 0.15) is 5.82 Å². The zero-order valence-electron chi connectivity index (χ0n) is 13.3. The van der Waals surface area contributed by atoms with E-state index in [1.54, 1.807) is 0 Å². The maximum Gasteiger partial charge on any atom is 0.129 e. The molecule has 1 aromatic heterocycles. The number of aromatic nitrogens is 1. The van der Waals surface area contributed by atoms with Crippen LogP contribution >= 0.6 is 0 Å². The Bertz CT molecular complexity index is 437. The van der Waals surface area contributed by atoms with E-state index in [2.05, 4.69) is 18.7 Å². The van der Waals surface area contributed by atoms with Crippen LogP contribution in [0, 0.1) is 0 Å². The van der Waals surface area contributed by atoms with Crippen LogP contribution in [0.2, 0.25) is 0 Å². The monoisotopic (exact) mass is 292 g/mol. The van der Waals surface area contributed by atoms with Gasteiger partial charge in [-0.1, -0.05) is 20.3 Å². The maximum absolute atomic E-state index is 9.45. The molecule has 1 N–H and O–H groups in total. The topological polar surface area (TPSA) is 45.6 Å². The summed E-state index contributed by atoms with van der Waals surface area (Å²) < 4.78 is 5.90. The highest BCUT2D eigenvalue weighted by Gasteiger charge is 2.21. The Hall–Kier alpha value is -1.13. The summed E-state index contributed by atoms with van der Waals surface area (Å²) in [6.07, 6.45) is 5.69. The molecule has 1 aliphatic rings. The Morgan fingerprint density at radius 3 is 2.90 bits per heavy atom. The van der Waals surface area contributed by atoms with E-state index in [0.29, 0.717) is 6.10 Å². The van der Waals surface area contributed by atoms with Crippen LogP contribution < -0.4 is 4.90 Å². The van der Waals surface area contributed by atoms with Gasteiger partial charge in [0.25, 0.3) is 0 Å². The predicted octanol–water partition coefficient (Wildman–Crippen LogP) is 2.92. The van der Waals surface area contributed by atoms with Gasteiger partial charge in [-0.2, -0.15) is 0 Å². The molecule has 0 bridgehead atoms. The molecule has 2 rings (SSSR count). The van der Waals surface area contributed by atoms with Gasteiger partial charge in [-0.25, -0.2) is 4.98 Å². The lowest BCUT2D eigenvalue weighted by molar-refractivity contribution is 0.0439. The average Bonchev–Trinajstić information content (AvgIpc) is 2.53. The molecule has 4 nitrogen and oxygen atoms in total. The highest BCUT2D eigenvalue weighted by atomic mass is 16.5. The van der Waals surface area contributed by atoms with Crippen molar-refractivity contribution in [1.29, 1.82) is 0 Å². The Balaban J connectivity index is 2.10. The zero-order valence-corrected chi connectivity index (χ0v) is 13.3. The Labute approximate surface area is 128 Å². The third-order valence-corrected chi connectivity index (χ3v) is 3.87. The van der Waals surface area contributed by atoms with Crippen LogP contribution in [0.3, 0.4) is 0 Å². The molecule has 4 heteroatoms. The van der Waals surface area contributed by atoms with Gasteiger partial charge in [-0.05, 0) is 43.4 Å². The van der Waals surface area contributed by atoms with Crippen molar-refractivity contribution in [3.63, 3.8) is 0 Å². The SMILES string of the molecule is CCCOC1CCCN(c2cc(CO)cc(CCC)n2)C1. The van der Waals surface area contributed by atoms with E-state index < -0.39 is 0 Å². The Kier molecular flexibility index (Phi) is 6.46. The third-order valence-electron chi connectivity index (χ3n) is 3.87. The van der Waals surface area contributed by atoms with Crippen LogP contribution in [0.4, 0.5) is 5.82 Å². The number of aliphatic hydroxyl groups excluding tert-OH is 1. The van der Waals surface area contributed by atoms with Crippen LogP contribution in [0.1, 0.15) is 50.8 Å². The number of nitrogens with zero attached hydrogens (tertiary/aromatic N) is 2. The lowest BCUT2D eigenvalue weighted by atomic mass is 10.1. The molecular weight excluding hydrogens is 264 g/mol. The molecule has 1 saturated heterocycles. The van der Waals surface area contributed by atoms with Crippen molar-refractivity contribution in [2.24, 2.45) is 0 Å². The van der Waals surface area contributed by atoms with E-state index in [-0.39, 0.29) is 6.61 Å². The first kappa shape index (κ1) is 16.2. The zero-order chi connectivity index (χ0) is 15.1. The van der Waals surface area contributed by atoms with E-state index in [9.17, 15) is 5.11 Å². The van der Waals surface area contributed by atoms with Crippen LogP contribution in [0.5, 0.6) is 0 Å². The first-order valence-electron chi connectivity index (χ1n) is 8.24. The summed E-state index contributed by atoms with van der Waals surface area (Å²) in [6.45, 7) is 7.15. The molecule has 21 heavy (non-hydrogen) atoms. The molecule has 1 aliphatic heterocycles. The highest BCUT2D eigenvalue weighted by molar-refractivity contribution is 5.43. The fourth-order valence-electron chi connectivity index (χ4n) is 2.84. The molecule has 1 atom stereocenters. The van der Waals surface area contributed by atoms with Gasteiger partial charge in [-0.15, -0.1) is 0 Å². The average molecular weight is 292 g/mol. The molecule has 0 aromatic carbocycles. The van der Waals surface area contributed by atoms with Crippen molar-refractivity contribution < 1.29 is 9.84 Å². The number of pyridine rings is 1. The summed E-state index contributed by atoms with van der Waals surface area (Å²) in [7, 11) is 0. The molecule has 2 heterocycles. The number of anilines is 1. The van der Waals surface area contributed by atoms with Gasteiger partial charge >= 0.3 is 0 Å².